The zero-order valence-electron chi connectivity index (χ0n) is 23.4. The Kier molecular flexibility index (Phi) is 7.96. The fourth-order valence-corrected chi connectivity index (χ4v) is 6.29. The number of amides is 1. The first kappa shape index (κ1) is 27.1. The average molecular weight is 516 g/mol. The standard InChI is InChI=1S/C32H41NO3Si/c1-22-13-12-14-24(20-19-23(2)36-37(6,7)32(3,4)5)31(22)33-30(34)21-27-25-15-8-10-17-28(25)35-29-18-11-9-16-26(27)29/h8-18,23,27H,19-21H2,1-7H3,(H,33,34). The van der Waals surface area contributed by atoms with Gasteiger partial charge in [0.2, 0.25) is 5.91 Å². The highest BCUT2D eigenvalue weighted by atomic mass is 28.4. The fourth-order valence-electron chi connectivity index (χ4n) is 4.82. The van der Waals surface area contributed by atoms with Gasteiger partial charge < -0.3 is 14.5 Å². The van der Waals surface area contributed by atoms with Crippen LogP contribution in [0.25, 0.3) is 0 Å². The molecular weight excluding hydrogens is 474 g/mol. The van der Waals surface area contributed by atoms with E-state index in [4.69, 9.17) is 9.16 Å². The molecule has 0 fully saturated rings. The molecule has 1 aliphatic rings. The zero-order valence-corrected chi connectivity index (χ0v) is 24.4. The van der Waals surface area contributed by atoms with Gasteiger partial charge in [-0.1, -0.05) is 75.4 Å². The van der Waals surface area contributed by atoms with Crippen LogP contribution in [0.5, 0.6) is 11.5 Å². The summed E-state index contributed by atoms with van der Waals surface area (Å²) in [5.41, 5.74) is 5.28. The molecule has 1 N–H and O–H groups in total. The zero-order chi connectivity index (χ0) is 26.8. The van der Waals surface area contributed by atoms with E-state index >= 15 is 0 Å². The second kappa shape index (κ2) is 10.8. The summed E-state index contributed by atoms with van der Waals surface area (Å²) in [5, 5.41) is 3.46. The first-order valence-electron chi connectivity index (χ1n) is 13.4. The summed E-state index contributed by atoms with van der Waals surface area (Å²) in [5.74, 6) is 1.61. The number of hydrogen-bond acceptors (Lipinski definition) is 3. The van der Waals surface area contributed by atoms with Crippen LogP contribution in [0.3, 0.4) is 0 Å². The molecule has 0 saturated carbocycles. The molecule has 1 aliphatic heterocycles. The van der Waals surface area contributed by atoms with Crippen molar-refractivity contribution in [1.82, 2.24) is 0 Å². The first-order chi connectivity index (χ1) is 17.5. The first-order valence-corrected chi connectivity index (χ1v) is 16.3. The summed E-state index contributed by atoms with van der Waals surface area (Å²) >= 11 is 0. The number of aryl methyl sites for hydroxylation is 2. The number of anilines is 1. The Labute approximate surface area is 223 Å². The second-order valence-electron chi connectivity index (χ2n) is 11.8. The Bertz CT molecular complexity index is 1220. The minimum atomic E-state index is -1.82. The van der Waals surface area contributed by atoms with E-state index in [9.17, 15) is 4.79 Å². The lowest BCUT2D eigenvalue weighted by Crippen LogP contribution is -2.43. The van der Waals surface area contributed by atoms with Gasteiger partial charge in [0.1, 0.15) is 11.5 Å². The Balaban J connectivity index is 1.48. The van der Waals surface area contributed by atoms with Gasteiger partial charge in [-0.05, 0) is 68.1 Å². The van der Waals surface area contributed by atoms with Crippen molar-refractivity contribution in [2.75, 3.05) is 5.32 Å². The number of para-hydroxylation sites is 3. The van der Waals surface area contributed by atoms with Crippen molar-refractivity contribution in [2.45, 2.75) is 84.0 Å². The third-order valence-corrected chi connectivity index (χ3v) is 12.5. The van der Waals surface area contributed by atoms with E-state index in [1.165, 1.54) is 0 Å². The SMILES string of the molecule is Cc1cccc(CCC(C)O[Si](C)(C)C(C)(C)C)c1NC(=O)CC1c2ccccc2Oc2ccccc21. The van der Waals surface area contributed by atoms with E-state index in [1.807, 2.05) is 36.4 Å². The minimum Gasteiger partial charge on any atom is -0.457 e. The summed E-state index contributed by atoms with van der Waals surface area (Å²) in [6.45, 7) is 15.7. The van der Waals surface area contributed by atoms with Crippen molar-refractivity contribution in [2.24, 2.45) is 0 Å². The van der Waals surface area contributed by atoms with E-state index in [0.29, 0.717) is 6.42 Å². The summed E-state index contributed by atoms with van der Waals surface area (Å²) in [7, 11) is -1.82. The van der Waals surface area contributed by atoms with Crippen LogP contribution in [-0.2, 0) is 15.6 Å². The highest BCUT2D eigenvalue weighted by Crippen LogP contribution is 2.45. The number of hydrogen-bond donors (Lipinski definition) is 1. The molecule has 196 valence electrons. The number of ether oxygens (including phenoxy) is 1. The third-order valence-electron chi connectivity index (χ3n) is 7.94. The predicted molar refractivity (Wildman–Crippen MR) is 155 cm³/mol. The van der Waals surface area contributed by atoms with Crippen LogP contribution in [0, 0.1) is 6.92 Å². The van der Waals surface area contributed by atoms with Gasteiger partial charge >= 0.3 is 0 Å². The topological polar surface area (TPSA) is 47.6 Å². The summed E-state index contributed by atoms with van der Waals surface area (Å²) < 4.78 is 12.7. The van der Waals surface area contributed by atoms with E-state index in [0.717, 1.165) is 52.3 Å². The second-order valence-corrected chi connectivity index (χ2v) is 16.6. The van der Waals surface area contributed by atoms with Crippen molar-refractivity contribution in [3.05, 3.63) is 89.0 Å². The van der Waals surface area contributed by atoms with Crippen molar-refractivity contribution < 1.29 is 14.0 Å². The Hall–Kier alpha value is -2.89. The number of rotatable bonds is 8. The monoisotopic (exact) mass is 515 g/mol. The lowest BCUT2D eigenvalue weighted by molar-refractivity contribution is -0.116. The number of carbonyl (C=O) groups excluding carboxylic acids is 1. The fraction of sp³-hybridized carbons (Fsp3) is 0.406. The van der Waals surface area contributed by atoms with E-state index < -0.39 is 8.32 Å². The Morgan fingerprint density at radius 2 is 1.57 bits per heavy atom. The van der Waals surface area contributed by atoms with Crippen molar-refractivity contribution >= 4 is 19.9 Å². The van der Waals surface area contributed by atoms with Gasteiger partial charge in [0.25, 0.3) is 0 Å². The average Bonchev–Trinajstić information content (AvgIpc) is 2.83. The maximum Gasteiger partial charge on any atom is 0.225 e. The molecule has 4 nitrogen and oxygen atoms in total. The molecule has 0 spiro atoms. The Morgan fingerprint density at radius 1 is 0.973 bits per heavy atom. The lowest BCUT2D eigenvalue weighted by atomic mass is 9.85. The van der Waals surface area contributed by atoms with Gasteiger partial charge in [-0.15, -0.1) is 0 Å². The number of nitrogens with one attached hydrogen (secondary N) is 1. The normalized spacial score (nSPS) is 14.4. The van der Waals surface area contributed by atoms with Crippen molar-refractivity contribution in [1.29, 1.82) is 0 Å². The van der Waals surface area contributed by atoms with Crippen molar-refractivity contribution in [3.8, 4) is 11.5 Å². The minimum absolute atomic E-state index is 0.0117. The molecule has 1 amide bonds. The molecule has 1 heterocycles. The molecule has 37 heavy (non-hydrogen) atoms. The van der Waals surface area contributed by atoms with Gasteiger partial charge in [-0.3, -0.25) is 4.79 Å². The van der Waals surface area contributed by atoms with Crippen LogP contribution in [0.1, 0.15) is 68.7 Å². The van der Waals surface area contributed by atoms with Gasteiger partial charge in [0, 0.05) is 35.3 Å². The quantitative estimate of drug-likeness (QED) is 0.306. The molecule has 5 heteroatoms. The Morgan fingerprint density at radius 3 is 2.16 bits per heavy atom. The number of fused-ring (bicyclic) bond motifs is 2. The van der Waals surface area contributed by atoms with Crippen LogP contribution in [0.2, 0.25) is 18.1 Å². The van der Waals surface area contributed by atoms with E-state index in [-0.39, 0.29) is 23.0 Å². The highest BCUT2D eigenvalue weighted by Gasteiger charge is 2.38. The van der Waals surface area contributed by atoms with Crippen LogP contribution in [0.4, 0.5) is 5.69 Å². The maximum absolute atomic E-state index is 13.5. The van der Waals surface area contributed by atoms with Crippen LogP contribution < -0.4 is 10.1 Å². The smallest absolute Gasteiger partial charge is 0.225 e. The number of carbonyl (C=O) groups is 1. The molecule has 0 aliphatic carbocycles. The molecule has 0 aromatic heterocycles. The van der Waals surface area contributed by atoms with Crippen LogP contribution in [-0.4, -0.2) is 20.3 Å². The van der Waals surface area contributed by atoms with Gasteiger partial charge in [-0.25, -0.2) is 0 Å². The summed E-state index contributed by atoms with van der Waals surface area (Å²) in [4.78, 5) is 13.5. The molecule has 3 aromatic carbocycles. The molecule has 0 bridgehead atoms. The van der Waals surface area contributed by atoms with Crippen LogP contribution >= 0.6 is 0 Å². The van der Waals surface area contributed by atoms with Gasteiger partial charge in [0.05, 0.1) is 0 Å². The molecule has 0 saturated heterocycles. The largest absolute Gasteiger partial charge is 0.457 e. The molecular formula is C32H41NO3Si. The molecule has 1 unspecified atom stereocenters. The summed E-state index contributed by atoms with van der Waals surface area (Å²) in [6, 6.07) is 22.3. The third kappa shape index (κ3) is 6.16. The predicted octanol–water partition coefficient (Wildman–Crippen LogP) is 8.60. The lowest BCUT2D eigenvalue weighted by Gasteiger charge is -2.38. The molecule has 1 atom stereocenters. The number of benzene rings is 3. The van der Waals surface area contributed by atoms with E-state index in [1.54, 1.807) is 0 Å². The molecule has 0 radical (unpaired) electrons. The van der Waals surface area contributed by atoms with Gasteiger partial charge in [-0.2, -0.15) is 0 Å². The summed E-state index contributed by atoms with van der Waals surface area (Å²) in [6.07, 6.45) is 2.30. The van der Waals surface area contributed by atoms with E-state index in [2.05, 4.69) is 83.4 Å². The van der Waals surface area contributed by atoms with Gasteiger partial charge in [0.15, 0.2) is 8.32 Å². The maximum atomic E-state index is 13.5. The molecule has 4 rings (SSSR count). The highest BCUT2D eigenvalue weighted by molar-refractivity contribution is 6.74. The van der Waals surface area contributed by atoms with Crippen molar-refractivity contribution in [3.63, 3.8) is 0 Å². The molecule has 3 aromatic rings. The van der Waals surface area contributed by atoms with Crippen LogP contribution in [0.15, 0.2) is 66.7 Å².